The third-order valence-electron chi connectivity index (χ3n) is 4.10. The fourth-order valence-corrected chi connectivity index (χ4v) is 3.44. The first-order chi connectivity index (χ1) is 14.9. The standard InChI is InChI=1S/C11H18N2O5S.C10H14N2O2/c1-11(2,3)17-10(14)13-6-8(5-12)9(7-13)18-19(4,15)16;1-10(2,3)14-9(13)12-5-4-8(6-11)7-12/h8-9H,6-7H2,1-4H3;4H,5,7H2,1-3H3/t8-,9-;/m0./s1. The van der Waals surface area contributed by atoms with E-state index < -0.39 is 39.4 Å². The van der Waals surface area contributed by atoms with Gasteiger partial charge in [0.15, 0.2) is 0 Å². The van der Waals surface area contributed by atoms with Crippen LogP contribution in [0.2, 0.25) is 0 Å². The third kappa shape index (κ3) is 10.6. The highest BCUT2D eigenvalue weighted by molar-refractivity contribution is 7.86. The van der Waals surface area contributed by atoms with Crippen LogP contribution < -0.4 is 0 Å². The summed E-state index contributed by atoms with van der Waals surface area (Å²) < 4.78 is 37.3. The van der Waals surface area contributed by atoms with Crippen LogP contribution in [0.1, 0.15) is 41.5 Å². The lowest BCUT2D eigenvalue weighted by atomic mass is 10.1. The molecule has 1 fully saturated rings. The Morgan fingerprint density at radius 3 is 1.91 bits per heavy atom. The van der Waals surface area contributed by atoms with Crippen molar-refractivity contribution in [3.05, 3.63) is 11.6 Å². The summed E-state index contributed by atoms with van der Waals surface area (Å²) in [6.07, 6.45) is 0.875. The van der Waals surface area contributed by atoms with Crippen molar-refractivity contribution in [1.29, 1.82) is 10.5 Å². The lowest BCUT2D eigenvalue weighted by molar-refractivity contribution is 0.0272. The summed E-state index contributed by atoms with van der Waals surface area (Å²) >= 11 is 0. The van der Waals surface area contributed by atoms with Gasteiger partial charge in [-0.25, -0.2) is 9.59 Å². The minimum absolute atomic E-state index is 0.0280. The van der Waals surface area contributed by atoms with E-state index in [1.54, 1.807) is 26.8 Å². The van der Waals surface area contributed by atoms with Crippen molar-refractivity contribution in [2.75, 3.05) is 32.4 Å². The van der Waals surface area contributed by atoms with E-state index in [0.717, 1.165) is 6.26 Å². The molecule has 0 saturated carbocycles. The molecule has 0 radical (unpaired) electrons. The maximum atomic E-state index is 11.8. The Kier molecular flexibility index (Phi) is 9.28. The Hall–Kier alpha value is -2.83. The summed E-state index contributed by atoms with van der Waals surface area (Å²) in [7, 11) is -3.66. The molecule has 0 bridgehead atoms. The van der Waals surface area contributed by atoms with Crippen LogP contribution in [0.5, 0.6) is 0 Å². The molecule has 184 valence electrons. The Bertz CT molecular complexity index is 949. The minimum Gasteiger partial charge on any atom is -0.444 e. The van der Waals surface area contributed by atoms with Crippen LogP contribution in [0.3, 0.4) is 0 Å². The highest BCUT2D eigenvalue weighted by atomic mass is 32.2. The van der Waals surface area contributed by atoms with Gasteiger partial charge in [0.1, 0.15) is 17.3 Å². The van der Waals surface area contributed by atoms with Crippen molar-refractivity contribution in [2.45, 2.75) is 58.8 Å². The van der Waals surface area contributed by atoms with Crippen molar-refractivity contribution in [1.82, 2.24) is 9.80 Å². The van der Waals surface area contributed by atoms with Gasteiger partial charge in [-0.05, 0) is 47.6 Å². The molecule has 2 aliphatic rings. The molecule has 0 aliphatic carbocycles. The molecule has 0 unspecified atom stereocenters. The molecule has 2 aliphatic heterocycles. The van der Waals surface area contributed by atoms with Crippen molar-refractivity contribution >= 4 is 22.3 Å². The van der Waals surface area contributed by atoms with E-state index in [2.05, 4.69) is 0 Å². The number of amides is 2. The Labute approximate surface area is 195 Å². The normalized spacial score (nSPS) is 20.7. The third-order valence-corrected chi connectivity index (χ3v) is 4.69. The second-order valence-electron chi connectivity index (χ2n) is 9.66. The predicted octanol–water partition coefficient (Wildman–Crippen LogP) is 2.41. The Morgan fingerprint density at radius 1 is 1.00 bits per heavy atom. The van der Waals surface area contributed by atoms with Gasteiger partial charge in [0.2, 0.25) is 0 Å². The molecule has 2 heterocycles. The number of hydrogen-bond donors (Lipinski definition) is 0. The Morgan fingerprint density at radius 2 is 1.52 bits per heavy atom. The molecule has 0 aromatic carbocycles. The number of likely N-dealkylation sites (tertiary alicyclic amines) is 1. The molecular weight excluding hydrogens is 452 g/mol. The largest absolute Gasteiger partial charge is 0.444 e. The number of carbonyl (C=O) groups excluding carboxylic acids is 2. The maximum absolute atomic E-state index is 11.8. The van der Waals surface area contributed by atoms with Gasteiger partial charge in [-0.1, -0.05) is 0 Å². The zero-order chi connectivity index (χ0) is 25.6. The van der Waals surface area contributed by atoms with Gasteiger partial charge in [-0.15, -0.1) is 0 Å². The fourth-order valence-electron chi connectivity index (χ4n) is 2.80. The first-order valence-corrected chi connectivity index (χ1v) is 12.1. The van der Waals surface area contributed by atoms with Crippen LogP contribution in [0, 0.1) is 28.6 Å². The van der Waals surface area contributed by atoms with Crippen LogP contribution >= 0.6 is 0 Å². The maximum Gasteiger partial charge on any atom is 0.410 e. The quantitative estimate of drug-likeness (QED) is 0.538. The number of nitriles is 2. The molecule has 0 aromatic heterocycles. The van der Waals surface area contributed by atoms with Gasteiger partial charge in [-0.2, -0.15) is 18.9 Å². The molecule has 0 spiro atoms. The monoisotopic (exact) mass is 484 g/mol. The van der Waals surface area contributed by atoms with Gasteiger partial charge in [0, 0.05) is 18.7 Å². The zero-order valence-corrected chi connectivity index (χ0v) is 20.9. The topological polar surface area (TPSA) is 150 Å². The van der Waals surface area contributed by atoms with E-state index in [1.807, 2.05) is 32.9 Å². The lowest BCUT2D eigenvalue weighted by Gasteiger charge is -2.24. The van der Waals surface area contributed by atoms with Crippen LogP contribution in [0.4, 0.5) is 9.59 Å². The Balaban J connectivity index is 0.000000346. The van der Waals surface area contributed by atoms with E-state index >= 15 is 0 Å². The zero-order valence-electron chi connectivity index (χ0n) is 20.1. The van der Waals surface area contributed by atoms with E-state index in [-0.39, 0.29) is 19.2 Å². The molecule has 1 saturated heterocycles. The van der Waals surface area contributed by atoms with Gasteiger partial charge < -0.3 is 14.4 Å². The van der Waals surface area contributed by atoms with Crippen LogP contribution in [-0.2, 0) is 23.8 Å². The highest BCUT2D eigenvalue weighted by Gasteiger charge is 2.39. The molecular formula is C21H32N4O7S. The molecule has 2 atom stereocenters. The van der Waals surface area contributed by atoms with Gasteiger partial charge in [0.05, 0.1) is 37.4 Å². The molecule has 2 amide bonds. The summed E-state index contributed by atoms with van der Waals surface area (Å²) in [6.45, 7) is 11.6. The lowest BCUT2D eigenvalue weighted by Crippen LogP contribution is -2.36. The van der Waals surface area contributed by atoms with E-state index in [0.29, 0.717) is 18.7 Å². The van der Waals surface area contributed by atoms with Gasteiger partial charge in [-0.3, -0.25) is 9.08 Å². The second kappa shape index (κ2) is 10.9. The first kappa shape index (κ1) is 28.2. The van der Waals surface area contributed by atoms with Crippen LogP contribution in [0.25, 0.3) is 0 Å². The van der Waals surface area contributed by atoms with E-state index in [1.165, 1.54) is 9.80 Å². The summed E-state index contributed by atoms with van der Waals surface area (Å²) in [6, 6.07) is 3.97. The summed E-state index contributed by atoms with van der Waals surface area (Å²) in [5.74, 6) is -0.678. The summed E-state index contributed by atoms with van der Waals surface area (Å²) in [5.41, 5.74) is -0.502. The minimum atomic E-state index is -3.66. The number of carbonyl (C=O) groups is 2. The molecule has 12 heteroatoms. The van der Waals surface area contributed by atoms with Crippen molar-refractivity contribution in [3.63, 3.8) is 0 Å². The van der Waals surface area contributed by atoms with Gasteiger partial charge in [0.25, 0.3) is 10.1 Å². The first-order valence-electron chi connectivity index (χ1n) is 10.3. The van der Waals surface area contributed by atoms with Crippen LogP contribution in [-0.4, -0.2) is 80.1 Å². The van der Waals surface area contributed by atoms with Crippen molar-refractivity contribution in [3.8, 4) is 12.1 Å². The summed E-state index contributed by atoms with van der Waals surface area (Å²) in [5, 5.41) is 17.6. The summed E-state index contributed by atoms with van der Waals surface area (Å²) in [4.78, 5) is 26.1. The second-order valence-corrected chi connectivity index (χ2v) is 11.3. The average molecular weight is 485 g/mol. The van der Waals surface area contributed by atoms with Crippen molar-refractivity contribution in [2.24, 2.45) is 5.92 Å². The molecule has 2 rings (SSSR count). The van der Waals surface area contributed by atoms with Gasteiger partial charge >= 0.3 is 12.2 Å². The predicted molar refractivity (Wildman–Crippen MR) is 118 cm³/mol. The molecule has 0 N–H and O–H groups in total. The number of hydrogen-bond acceptors (Lipinski definition) is 9. The fraction of sp³-hybridized carbons (Fsp3) is 0.714. The SMILES string of the molecule is CC(C)(C)OC(=O)N1CC=C(C#N)C1.CC(C)(C)OC(=O)N1C[C@H](OS(C)(=O)=O)[C@@H](C#N)C1. The number of rotatable bonds is 2. The number of ether oxygens (including phenoxy) is 2. The van der Waals surface area contributed by atoms with E-state index in [4.69, 9.17) is 24.2 Å². The molecule has 0 aromatic rings. The van der Waals surface area contributed by atoms with Crippen LogP contribution in [0.15, 0.2) is 11.6 Å². The van der Waals surface area contributed by atoms with Crippen molar-refractivity contribution < 1.29 is 31.7 Å². The smallest absolute Gasteiger partial charge is 0.410 e. The van der Waals surface area contributed by atoms with E-state index in [9.17, 15) is 18.0 Å². The molecule has 33 heavy (non-hydrogen) atoms. The highest BCUT2D eigenvalue weighted by Crippen LogP contribution is 2.23. The molecule has 11 nitrogen and oxygen atoms in total. The average Bonchev–Trinajstić information content (AvgIpc) is 3.24. The number of nitrogens with zero attached hydrogens (tertiary/aromatic N) is 4.